The van der Waals surface area contributed by atoms with Crippen molar-refractivity contribution in [2.75, 3.05) is 27.4 Å². The smallest absolute Gasteiger partial charge is 0.240 e. The van der Waals surface area contributed by atoms with Gasteiger partial charge in [0.15, 0.2) is 11.5 Å². The van der Waals surface area contributed by atoms with Gasteiger partial charge in [-0.3, -0.25) is 0 Å². The van der Waals surface area contributed by atoms with Gasteiger partial charge in [-0.1, -0.05) is 12.1 Å². The second kappa shape index (κ2) is 8.73. The molecule has 0 spiro atoms. The van der Waals surface area contributed by atoms with E-state index in [0.29, 0.717) is 31.1 Å². The first-order valence-corrected chi connectivity index (χ1v) is 9.42. The number of methoxy groups -OCH3 is 2. The molecule has 2 rings (SSSR count). The third-order valence-electron chi connectivity index (χ3n) is 3.61. The van der Waals surface area contributed by atoms with Gasteiger partial charge in [-0.25, -0.2) is 13.1 Å². The summed E-state index contributed by atoms with van der Waals surface area (Å²) in [4.78, 5) is 0.136. The van der Waals surface area contributed by atoms with Gasteiger partial charge in [-0.05, 0) is 43.2 Å². The van der Waals surface area contributed by atoms with E-state index >= 15 is 0 Å². The monoisotopic (exact) mass is 365 g/mol. The molecule has 6 nitrogen and oxygen atoms in total. The highest BCUT2D eigenvalue weighted by Crippen LogP contribution is 2.29. The number of rotatable bonds is 9. The average molecular weight is 365 g/mol. The van der Waals surface area contributed by atoms with Crippen molar-refractivity contribution in [1.29, 1.82) is 0 Å². The van der Waals surface area contributed by atoms with Crippen molar-refractivity contribution >= 4 is 10.0 Å². The van der Waals surface area contributed by atoms with E-state index in [2.05, 4.69) is 4.72 Å². The van der Waals surface area contributed by atoms with Crippen LogP contribution >= 0.6 is 0 Å². The molecule has 136 valence electrons. The summed E-state index contributed by atoms with van der Waals surface area (Å²) in [7, 11) is -0.648. The molecule has 2 aromatic carbocycles. The van der Waals surface area contributed by atoms with Crippen molar-refractivity contribution in [1.82, 2.24) is 4.72 Å². The zero-order valence-electron chi connectivity index (χ0n) is 14.6. The van der Waals surface area contributed by atoms with Crippen molar-refractivity contribution in [3.05, 3.63) is 48.0 Å². The molecule has 0 fully saturated rings. The average Bonchev–Trinajstić information content (AvgIpc) is 2.62. The van der Waals surface area contributed by atoms with Gasteiger partial charge in [0.25, 0.3) is 0 Å². The Labute approximate surface area is 148 Å². The van der Waals surface area contributed by atoms with Gasteiger partial charge >= 0.3 is 0 Å². The van der Waals surface area contributed by atoms with E-state index in [1.54, 1.807) is 6.07 Å². The second-order valence-electron chi connectivity index (χ2n) is 5.24. The van der Waals surface area contributed by atoms with Crippen molar-refractivity contribution in [2.45, 2.75) is 18.2 Å². The minimum atomic E-state index is -3.62. The van der Waals surface area contributed by atoms with Gasteiger partial charge in [0.1, 0.15) is 5.75 Å². The molecule has 0 aliphatic carbocycles. The molecule has 0 aliphatic heterocycles. The minimum Gasteiger partial charge on any atom is -0.494 e. The Morgan fingerprint density at radius 2 is 1.64 bits per heavy atom. The zero-order valence-corrected chi connectivity index (χ0v) is 15.4. The highest BCUT2D eigenvalue weighted by Gasteiger charge is 2.16. The third kappa shape index (κ3) is 5.11. The van der Waals surface area contributed by atoms with Crippen LogP contribution in [0, 0.1) is 0 Å². The summed E-state index contributed by atoms with van der Waals surface area (Å²) in [6.45, 7) is 2.84. The molecular weight excluding hydrogens is 342 g/mol. The van der Waals surface area contributed by atoms with E-state index in [-0.39, 0.29) is 4.90 Å². The summed E-state index contributed by atoms with van der Waals surface area (Å²) >= 11 is 0. The Kier molecular flexibility index (Phi) is 6.66. The van der Waals surface area contributed by atoms with Crippen molar-refractivity contribution in [3.63, 3.8) is 0 Å². The highest BCUT2D eigenvalue weighted by molar-refractivity contribution is 7.89. The van der Waals surface area contributed by atoms with Crippen LogP contribution in [0.5, 0.6) is 17.2 Å². The predicted molar refractivity (Wildman–Crippen MR) is 96.0 cm³/mol. The van der Waals surface area contributed by atoms with E-state index in [1.807, 2.05) is 31.2 Å². The Bertz CT molecular complexity index is 788. The lowest BCUT2D eigenvalue weighted by molar-refractivity contribution is 0.340. The van der Waals surface area contributed by atoms with Gasteiger partial charge in [0.2, 0.25) is 10.0 Å². The fourth-order valence-electron chi connectivity index (χ4n) is 2.32. The summed E-state index contributed by atoms with van der Waals surface area (Å²) in [5.74, 6) is 1.66. The van der Waals surface area contributed by atoms with Crippen LogP contribution in [0.4, 0.5) is 0 Å². The molecule has 0 aliphatic rings. The molecule has 7 heteroatoms. The molecule has 0 atom stereocenters. The van der Waals surface area contributed by atoms with Crippen LogP contribution in [0.1, 0.15) is 12.5 Å². The van der Waals surface area contributed by atoms with Gasteiger partial charge in [-0.2, -0.15) is 0 Å². The van der Waals surface area contributed by atoms with Gasteiger partial charge in [0, 0.05) is 12.6 Å². The van der Waals surface area contributed by atoms with Crippen LogP contribution in [0.15, 0.2) is 47.4 Å². The van der Waals surface area contributed by atoms with Gasteiger partial charge in [-0.15, -0.1) is 0 Å². The van der Waals surface area contributed by atoms with Crippen LogP contribution in [0.25, 0.3) is 0 Å². The minimum absolute atomic E-state index is 0.136. The summed E-state index contributed by atoms with van der Waals surface area (Å²) in [5.41, 5.74) is 1.03. The second-order valence-corrected chi connectivity index (χ2v) is 7.01. The van der Waals surface area contributed by atoms with E-state index in [0.717, 1.165) is 11.3 Å². The number of hydrogen-bond donors (Lipinski definition) is 1. The highest BCUT2D eigenvalue weighted by atomic mass is 32.2. The lowest BCUT2D eigenvalue weighted by atomic mass is 10.1. The first-order valence-electron chi connectivity index (χ1n) is 7.93. The molecule has 0 aromatic heterocycles. The molecule has 0 unspecified atom stereocenters. The lowest BCUT2D eigenvalue weighted by Crippen LogP contribution is -2.26. The topological polar surface area (TPSA) is 73.9 Å². The van der Waals surface area contributed by atoms with Gasteiger partial charge < -0.3 is 14.2 Å². The maximum atomic E-state index is 12.4. The van der Waals surface area contributed by atoms with E-state index < -0.39 is 10.0 Å². The molecule has 0 saturated heterocycles. The third-order valence-corrected chi connectivity index (χ3v) is 5.06. The summed E-state index contributed by atoms with van der Waals surface area (Å²) < 4.78 is 43.1. The largest absolute Gasteiger partial charge is 0.494 e. The molecule has 0 bridgehead atoms. The number of ether oxygens (including phenoxy) is 3. The predicted octanol–water partition coefficient (Wildman–Crippen LogP) is 2.62. The zero-order chi connectivity index (χ0) is 18.3. The SMILES string of the molecule is CCOc1ccc(CCNS(=O)(=O)c2ccc(OC)c(OC)c2)cc1. The van der Waals surface area contributed by atoms with Crippen LogP contribution in [0.2, 0.25) is 0 Å². The molecule has 2 aromatic rings. The maximum absolute atomic E-state index is 12.4. The fourth-order valence-corrected chi connectivity index (χ4v) is 3.36. The Morgan fingerprint density at radius 1 is 0.960 bits per heavy atom. The molecule has 0 radical (unpaired) electrons. The van der Waals surface area contributed by atoms with Crippen molar-refractivity contribution in [2.24, 2.45) is 0 Å². The number of nitrogens with one attached hydrogen (secondary N) is 1. The Morgan fingerprint density at radius 3 is 2.24 bits per heavy atom. The van der Waals surface area contributed by atoms with Crippen molar-refractivity contribution < 1.29 is 22.6 Å². The summed E-state index contributed by atoms with van der Waals surface area (Å²) in [5, 5.41) is 0. The molecule has 25 heavy (non-hydrogen) atoms. The first kappa shape index (κ1) is 19.1. The number of benzene rings is 2. The Hall–Kier alpha value is -2.25. The van der Waals surface area contributed by atoms with E-state index in [9.17, 15) is 8.42 Å². The number of hydrogen-bond acceptors (Lipinski definition) is 5. The quantitative estimate of drug-likeness (QED) is 0.739. The molecule has 0 saturated carbocycles. The molecule has 0 amide bonds. The number of sulfonamides is 1. The van der Waals surface area contributed by atoms with Gasteiger partial charge in [0.05, 0.1) is 25.7 Å². The first-order chi connectivity index (χ1) is 12.0. The van der Waals surface area contributed by atoms with Crippen LogP contribution in [-0.4, -0.2) is 35.8 Å². The van der Waals surface area contributed by atoms with Crippen LogP contribution < -0.4 is 18.9 Å². The van der Waals surface area contributed by atoms with Crippen LogP contribution in [0.3, 0.4) is 0 Å². The van der Waals surface area contributed by atoms with E-state index in [1.165, 1.54) is 26.4 Å². The summed E-state index contributed by atoms with van der Waals surface area (Å²) in [6.07, 6.45) is 0.582. The fraction of sp³-hybridized carbons (Fsp3) is 0.333. The molecule has 1 N–H and O–H groups in total. The van der Waals surface area contributed by atoms with Crippen molar-refractivity contribution in [3.8, 4) is 17.2 Å². The molecular formula is C18H23NO5S. The maximum Gasteiger partial charge on any atom is 0.240 e. The summed E-state index contributed by atoms with van der Waals surface area (Å²) in [6, 6.07) is 12.1. The van der Waals surface area contributed by atoms with E-state index in [4.69, 9.17) is 14.2 Å². The normalized spacial score (nSPS) is 11.2. The Balaban J connectivity index is 1.99. The lowest BCUT2D eigenvalue weighted by Gasteiger charge is -2.11. The van der Waals surface area contributed by atoms with Crippen LogP contribution in [-0.2, 0) is 16.4 Å². The standard InChI is InChI=1S/C18H23NO5S/c1-4-24-15-7-5-14(6-8-15)11-12-19-25(20,21)16-9-10-17(22-2)18(13-16)23-3/h5-10,13,19H,4,11-12H2,1-3H3. The molecule has 0 heterocycles.